The fourth-order valence-corrected chi connectivity index (χ4v) is 0.696. The van der Waals surface area contributed by atoms with E-state index in [0.29, 0.717) is 0 Å². The zero-order valence-corrected chi connectivity index (χ0v) is 8.24. The predicted molar refractivity (Wildman–Crippen MR) is 47.8 cm³/mol. The number of hydrogen-bond donors (Lipinski definition) is 3. The first-order valence-electron chi connectivity index (χ1n) is 4.22. The Balaban J connectivity index is 3.74. The van der Waals surface area contributed by atoms with Crippen molar-refractivity contribution < 1.29 is 24.5 Å². The van der Waals surface area contributed by atoms with Gasteiger partial charge in [0.15, 0.2) is 5.60 Å². The maximum Gasteiger partial charge on any atom is 0.336 e. The van der Waals surface area contributed by atoms with Crippen molar-refractivity contribution in [2.45, 2.75) is 19.4 Å². The summed E-state index contributed by atoms with van der Waals surface area (Å²) < 4.78 is 4.59. The van der Waals surface area contributed by atoms with E-state index >= 15 is 0 Å². The van der Waals surface area contributed by atoms with Crippen LogP contribution in [0.3, 0.4) is 0 Å². The zero-order chi connectivity index (χ0) is 11.2. The third-order valence-corrected chi connectivity index (χ3v) is 1.50. The first kappa shape index (κ1) is 12.9. The number of aliphatic hydroxyl groups is 1. The van der Waals surface area contributed by atoms with Gasteiger partial charge in [-0.05, 0) is 13.8 Å². The molecule has 3 N–H and O–H groups in total. The summed E-state index contributed by atoms with van der Waals surface area (Å²) in [4.78, 5) is 21.2. The highest BCUT2D eigenvalue weighted by Crippen LogP contribution is 2.00. The van der Waals surface area contributed by atoms with Gasteiger partial charge in [-0.2, -0.15) is 0 Å². The quantitative estimate of drug-likeness (QED) is 0.480. The lowest BCUT2D eigenvalue weighted by Gasteiger charge is -2.17. The molecule has 0 saturated heterocycles. The molecule has 0 aliphatic rings. The van der Waals surface area contributed by atoms with E-state index in [-0.39, 0.29) is 19.7 Å². The average Bonchev–Trinajstić information content (AvgIpc) is 2.04. The second-order valence-electron chi connectivity index (χ2n) is 2.99. The number of hydrogen-bond acceptors (Lipinski definition) is 5. The Morgan fingerprint density at radius 1 is 1.50 bits per heavy atom. The van der Waals surface area contributed by atoms with E-state index in [2.05, 4.69) is 10.1 Å². The molecule has 0 aromatic heterocycles. The Morgan fingerprint density at radius 3 is 2.50 bits per heavy atom. The van der Waals surface area contributed by atoms with Gasteiger partial charge in [0.2, 0.25) is 0 Å². The Labute approximate surface area is 81.9 Å². The molecule has 0 aliphatic carbocycles. The normalized spacial score (nSPS) is 14.5. The van der Waals surface area contributed by atoms with Crippen molar-refractivity contribution in [3.63, 3.8) is 0 Å². The highest BCUT2D eigenvalue weighted by Gasteiger charge is 2.29. The minimum atomic E-state index is -1.87. The number of rotatable bonds is 6. The second-order valence-corrected chi connectivity index (χ2v) is 2.99. The van der Waals surface area contributed by atoms with Crippen LogP contribution in [0.1, 0.15) is 13.8 Å². The number of nitrogens with one attached hydrogen (secondary N) is 1. The molecule has 0 fully saturated rings. The summed E-state index contributed by atoms with van der Waals surface area (Å²) in [5.41, 5.74) is -1.87. The van der Waals surface area contributed by atoms with Crippen LogP contribution in [0, 0.1) is 0 Å². The first-order valence-corrected chi connectivity index (χ1v) is 4.22. The van der Waals surface area contributed by atoms with Crippen LogP contribution in [-0.2, 0) is 14.3 Å². The van der Waals surface area contributed by atoms with Gasteiger partial charge < -0.3 is 20.3 Å². The van der Waals surface area contributed by atoms with E-state index in [0.717, 1.165) is 6.92 Å². The molecule has 1 unspecified atom stereocenters. The molecule has 6 nitrogen and oxygen atoms in total. The maximum atomic E-state index is 10.8. The maximum absolute atomic E-state index is 10.8. The summed E-state index contributed by atoms with van der Waals surface area (Å²) in [6.07, 6.45) is 0. The van der Waals surface area contributed by atoms with Crippen molar-refractivity contribution in [1.29, 1.82) is 0 Å². The molecular formula is C8H15NO5. The van der Waals surface area contributed by atoms with Crippen molar-refractivity contribution in [3.8, 4) is 0 Å². The van der Waals surface area contributed by atoms with Gasteiger partial charge in [0, 0.05) is 6.54 Å². The summed E-state index contributed by atoms with van der Waals surface area (Å²) in [5.74, 6) is -1.82. The number of ether oxygens (including phenoxy) is 1. The number of carboxylic acids is 1. The summed E-state index contributed by atoms with van der Waals surface area (Å²) >= 11 is 0. The monoisotopic (exact) mass is 205 g/mol. The number of carbonyl (C=O) groups excluding carboxylic acids is 1. The molecule has 0 heterocycles. The smallest absolute Gasteiger partial charge is 0.336 e. The van der Waals surface area contributed by atoms with Crippen molar-refractivity contribution in [1.82, 2.24) is 5.32 Å². The van der Waals surface area contributed by atoms with Crippen LogP contribution in [0.4, 0.5) is 0 Å². The van der Waals surface area contributed by atoms with Crippen LogP contribution in [0.15, 0.2) is 0 Å². The van der Waals surface area contributed by atoms with Crippen LogP contribution in [-0.4, -0.2) is 47.4 Å². The molecule has 14 heavy (non-hydrogen) atoms. The van der Waals surface area contributed by atoms with Gasteiger partial charge in [-0.15, -0.1) is 0 Å². The average molecular weight is 205 g/mol. The largest absolute Gasteiger partial charge is 0.479 e. The fourth-order valence-electron chi connectivity index (χ4n) is 0.696. The summed E-state index contributed by atoms with van der Waals surface area (Å²) in [6.45, 7) is 2.77. The van der Waals surface area contributed by atoms with Crippen molar-refractivity contribution in [3.05, 3.63) is 0 Å². The van der Waals surface area contributed by atoms with Crippen LogP contribution in [0.2, 0.25) is 0 Å². The van der Waals surface area contributed by atoms with Gasteiger partial charge in [0.05, 0.1) is 13.2 Å². The third-order valence-electron chi connectivity index (χ3n) is 1.50. The van der Waals surface area contributed by atoms with Crippen molar-refractivity contribution in [2.75, 3.05) is 19.7 Å². The SMILES string of the molecule is CCOC(=O)CNCC(C)(O)C(=O)O. The Kier molecular flexibility index (Phi) is 5.11. The summed E-state index contributed by atoms with van der Waals surface area (Å²) in [7, 11) is 0. The van der Waals surface area contributed by atoms with E-state index in [9.17, 15) is 14.7 Å². The Bertz CT molecular complexity index is 214. The molecule has 0 bridgehead atoms. The number of esters is 1. The first-order chi connectivity index (χ1) is 6.40. The van der Waals surface area contributed by atoms with Gasteiger partial charge in [-0.25, -0.2) is 4.79 Å². The number of aliphatic carboxylic acids is 1. The summed E-state index contributed by atoms with van der Waals surface area (Å²) in [5, 5.41) is 20.2. The van der Waals surface area contributed by atoms with Gasteiger partial charge in [0.25, 0.3) is 0 Å². The lowest BCUT2D eigenvalue weighted by atomic mass is 10.1. The summed E-state index contributed by atoms with van der Waals surface area (Å²) in [6, 6.07) is 0. The predicted octanol–water partition coefficient (Wildman–Crippen LogP) is -1.03. The van der Waals surface area contributed by atoms with Crippen LogP contribution in [0.5, 0.6) is 0 Å². The molecule has 0 rings (SSSR count). The van der Waals surface area contributed by atoms with Crippen molar-refractivity contribution in [2.24, 2.45) is 0 Å². The molecule has 0 saturated carbocycles. The standard InChI is InChI=1S/C8H15NO5/c1-3-14-6(10)4-9-5-8(2,13)7(11)12/h9,13H,3-5H2,1-2H3,(H,11,12). The van der Waals surface area contributed by atoms with E-state index in [1.807, 2.05) is 0 Å². The molecule has 1 atom stereocenters. The van der Waals surface area contributed by atoms with Crippen molar-refractivity contribution >= 4 is 11.9 Å². The fraction of sp³-hybridized carbons (Fsp3) is 0.750. The van der Waals surface area contributed by atoms with Gasteiger partial charge in [-0.3, -0.25) is 4.79 Å². The highest BCUT2D eigenvalue weighted by molar-refractivity contribution is 5.77. The molecular weight excluding hydrogens is 190 g/mol. The molecule has 0 aromatic carbocycles. The van der Waals surface area contributed by atoms with E-state index < -0.39 is 17.5 Å². The van der Waals surface area contributed by atoms with Gasteiger partial charge in [-0.1, -0.05) is 0 Å². The van der Waals surface area contributed by atoms with Gasteiger partial charge >= 0.3 is 11.9 Å². The highest BCUT2D eigenvalue weighted by atomic mass is 16.5. The van der Waals surface area contributed by atoms with Crippen LogP contribution < -0.4 is 5.32 Å². The molecule has 6 heteroatoms. The minimum Gasteiger partial charge on any atom is -0.479 e. The molecule has 0 amide bonds. The second kappa shape index (κ2) is 5.56. The minimum absolute atomic E-state index is 0.114. The van der Waals surface area contributed by atoms with Gasteiger partial charge in [0.1, 0.15) is 0 Å². The van der Waals surface area contributed by atoms with E-state index in [1.165, 1.54) is 0 Å². The number of carboxylic acid groups (broad SMARTS) is 1. The Morgan fingerprint density at radius 2 is 2.07 bits per heavy atom. The topological polar surface area (TPSA) is 95.9 Å². The lowest BCUT2D eigenvalue weighted by molar-refractivity contribution is -0.156. The number of carbonyl (C=O) groups is 2. The van der Waals surface area contributed by atoms with E-state index in [1.54, 1.807) is 6.92 Å². The lowest BCUT2D eigenvalue weighted by Crippen LogP contribution is -2.46. The molecule has 0 spiro atoms. The zero-order valence-electron chi connectivity index (χ0n) is 8.24. The molecule has 0 aliphatic heterocycles. The van der Waals surface area contributed by atoms with Crippen LogP contribution >= 0.6 is 0 Å². The van der Waals surface area contributed by atoms with E-state index in [4.69, 9.17) is 5.11 Å². The Hall–Kier alpha value is -1.14. The van der Waals surface area contributed by atoms with Crippen LogP contribution in [0.25, 0.3) is 0 Å². The molecule has 82 valence electrons. The third kappa shape index (κ3) is 4.78. The molecule has 0 aromatic rings. The molecule has 0 radical (unpaired) electrons.